The number of pyridine rings is 1. The summed E-state index contributed by atoms with van der Waals surface area (Å²) < 4.78 is 0. The maximum Gasteiger partial charge on any atom is 0.337 e. The first-order valence-corrected chi connectivity index (χ1v) is 6.76. The minimum absolute atomic E-state index is 0.00196. The van der Waals surface area contributed by atoms with Crippen molar-refractivity contribution in [3.05, 3.63) is 22.8 Å². The second-order valence-electron chi connectivity index (χ2n) is 4.73. The van der Waals surface area contributed by atoms with Crippen molar-refractivity contribution in [2.45, 2.75) is 12.8 Å². The van der Waals surface area contributed by atoms with Gasteiger partial charge in [-0.2, -0.15) is 0 Å². The lowest BCUT2D eigenvalue weighted by atomic mass is 9.97. The number of anilines is 1. The molecule has 2 rings (SSSR count). The zero-order valence-electron chi connectivity index (χ0n) is 11.1. The molecule has 0 aromatic carbocycles. The number of aromatic nitrogens is 1. The average molecular weight is 298 g/mol. The Kier molecular flexibility index (Phi) is 4.44. The number of carbonyl (C=O) groups excluding carboxylic acids is 1. The first kappa shape index (κ1) is 14.6. The molecule has 1 aliphatic rings. The SMILES string of the molecule is CNC(=O)C1CCCN(c2cc(C(=O)O)c(Cl)cn2)C1. The van der Waals surface area contributed by atoms with Gasteiger partial charge in [-0.15, -0.1) is 0 Å². The van der Waals surface area contributed by atoms with Crippen LogP contribution in [0.5, 0.6) is 0 Å². The summed E-state index contributed by atoms with van der Waals surface area (Å²) in [6, 6.07) is 1.46. The molecular formula is C13H16ClN3O3. The smallest absolute Gasteiger partial charge is 0.337 e. The molecule has 1 unspecified atom stereocenters. The average Bonchev–Trinajstić information content (AvgIpc) is 2.46. The monoisotopic (exact) mass is 297 g/mol. The fourth-order valence-corrected chi connectivity index (χ4v) is 2.55. The molecule has 1 aliphatic heterocycles. The predicted molar refractivity (Wildman–Crippen MR) is 75.2 cm³/mol. The van der Waals surface area contributed by atoms with Crippen LogP contribution in [-0.2, 0) is 4.79 Å². The highest BCUT2D eigenvalue weighted by Gasteiger charge is 2.26. The van der Waals surface area contributed by atoms with Gasteiger partial charge >= 0.3 is 5.97 Å². The van der Waals surface area contributed by atoms with Crippen molar-refractivity contribution in [2.24, 2.45) is 5.92 Å². The van der Waals surface area contributed by atoms with Crippen LogP contribution in [0.3, 0.4) is 0 Å². The maximum absolute atomic E-state index is 11.7. The number of amides is 1. The molecule has 0 radical (unpaired) electrons. The highest BCUT2D eigenvalue weighted by atomic mass is 35.5. The van der Waals surface area contributed by atoms with Crippen LogP contribution in [0.15, 0.2) is 12.3 Å². The van der Waals surface area contributed by atoms with Gasteiger partial charge in [0.15, 0.2) is 0 Å². The molecule has 1 saturated heterocycles. The third-order valence-electron chi connectivity index (χ3n) is 3.43. The van der Waals surface area contributed by atoms with Crippen LogP contribution in [0, 0.1) is 5.92 Å². The number of halogens is 1. The number of nitrogens with one attached hydrogen (secondary N) is 1. The van der Waals surface area contributed by atoms with Gasteiger partial charge < -0.3 is 15.3 Å². The van der Waals surface area contributed by atoms with Crippen molar-refractivity contribution >= 4 is 29.3 Å². The molecule has 0 bridgehead atoms. The van der Waals surface area contributed by atoms with E-state index in [-0.39, 0.29) is 22.4 Å². The normalized spacial score (nSPS) is 18.7. The summed E-state index contributed by atoms with van der Waals surface area (Å²) in [6.45, 7) is 1.29. The van der Waals surface area contributed by atoms with Crippen LogP contribution in [0.1, 0.15) is 23.2 Å². The quantitative estimate of drug-likeness (QED) is 0.881. The van der Waals surface area contributed by atoms with Crippen molar-refractivity contribution in [2.75, 3.05) is 25.0 Å². The molecule has 6 nitrogen and oxygen atoms in total. The molecule has 2 heterocycles. The number of aromatic carboxylic acids is 1. The van der Waals surface area contributed by atoms with Crippen LogP contribution < -0.4 is 10.2 Å². The van der Waals surface area contributed by atoms with Crippen molar-refractivity contribution in [1.82, 2.24) is 10.3 Å². The molecule has 1 atom stereocenters. The van der Waals surface area contributed by atoms with E-state index in [1.165, 1.54) is 12.3 Å². The molecule has 1 amide bonds. The third-order valence-corrected chi connectivity index (χ3v) is 3.74. The number of piperidine rings is 1. The van der Waals surface area contributed by atoms with Crippen LogP contribution in [0.25, 0.3) is 0 Å². The van der Waals surface area contributed by atoms with Gasteiger partial charge in [0.1, 0.15) is 5.82 Å². The Balaban J connectivity index is 2.21. The van der Waals surface area contributed by atoms with Crippen molar-refractivity contribution in [1.29, 1.82) is 0 Å². The van der Waals surface area contributed by atoms with Crippen molar-refractivity contribution < 1.29 is 14.7 Å². The lowest BCUT2D eigenvalue weighted by Gasteiger charge is -2.32. The number of hydrogen-bond donors (Lipinski definition) is 2. The first-order chi connectivity index (χ1) is 9.52. The number of nitrogens with zero attached hydrogens (tertiary/aromatic N) is 2. The van der Waals surface area contributed by atoms with E-state index in [9.17, 15) is 9.59 Å². The van der Waals surface area contributed by atoms with E-state index in [1.54, 1.807) is 7.05 Å². The number of rotatable bonds is 3. The van der Waals surface area contributed by atoms with E-state index in [2.05, 4.69) is 10.3 Å². The standard InChI is InChI=1S/C13H16ClN3O3/c1-15-12(18)8-3-2-4-17(7-8)11-5-9(13(19)20)10(14)6-16-11/h5-6,8H,2-4,7H2,1H3,(H,15,18)(H,19,20). The first-order valence-electron chi connectivity index (χ1n) is 6.38. The fourth-order valence-electron chi connectivity index (χ4n) is 2.37. The topological polar surface area (TPSA) is 82.5 Å². The molecule has 1 aromatic heterocycles. The number of carboxylic acid groups (broad SMARTS) is 1. The van der Waals surface area contributed by atoms with E-state index < -0.39 is 5.97 Å². The molecule has 7 heteroatoms. The molecule has 2 N–H and O–H groups in total. The summed E-state index contributed by atoms with van der Waals surface area (Å²) in [4.78, 5) is 28.9. The van der Waals surface area contributed by atoms with Crippen LogP contribution in [-0.4, -0.2) is 42.1 Å². The Labute approximate surface area is 121 Å². The molecule has 0 aliphatic carbocycles. The van der Waals surface area contributed by atoms with Gasteiger partial charge in [-0.1, -0.05) is 11.6 Å². The molecule has 0 saturated carbocycles. The van der Waals surface area contributed by atoms with Gasteiger partial charge in [0.2, 0.25) is 5.91 Å². The molecule has 0 spiro atoms. The highest BCUT2D eigenvalue weighted by molar-refractivity contribution is 6.33. The third kappa shape index (κ3) is 3.01. The summed E-state index contributed by atoms with van der Waals surface area (Å²) in [5.41, 5.74) is 0.0266. The minimum atomic E-state index is -1.08. The Bertz CT molecular complexity index is 536. The predicted octanol–water partition coefficient (Wildman–Crippen LogP) is 1.40. The molecule has 1 aromatic rings. The molecule has 1 fully saturated rings. The Morgan fingerprint density at radius 3 is 2.95 bits per heavy atom. The van der Waals surface area contributed by atoms with Gasteiger partial charge in [-0.25, -0.2) is 9.78 Å². The van der Waals surface area contributed by atoms with Gasteiger partial charge in [-0.05, 0) is 18.9 Å². The second kappa shape index (κ2) is 6.09. The Hall–Kier alpha value is -1.82. The number of carbonyl (C=O) groups is 2. The maximum atomic E-state index is 11.7. The van der Waals surface area contributed by atoms with Crippen LogP contribution in [0.2, 0.25) is 5.02 Å². The lowest BCUT2D eigenvalue weighted by molar-refractivity contribution is -0.124. The van der Waals surface area contributed by atoms with Gasteiger partial charge in [0.25, 0.3) is 0 Å². The summed E-state index contributed by atoms with van der Waals surface area (Å²) in [5.74, 6) is -0.638. The summed E-state index contributed by atoms with van der Waals surface area (Å²) in [5, 5.41) is 11.8. The van der Waals surface area contributed by atoms with Crippen molar-refractivity contribution in [3.63, 3.8) is 0 Å². The number of carboxylic acids is 1. The lowest BCUT2D eigenvalue weighted by Crippen LogP contribution is -2.42. The summed E-state index contributed by atoms with van der Waals surface area (Å²) >= 11 is 5.81. The molecule has 108 valence electrons. The molecular weight excluding hydrogens is 282 g/mol. The van der Waals surface area contributed by atoms with E-state index in [0.29, 0.717) is 12.4 Å². The zero-order chi connectivity index (χ0) is 14.7. The van der Waals surface area contributed by atoms with Gasteiger partial charge in [-0.3, -0.25) is 4.79 Å². The van der Waals surface area contributed by atoms with Gasteiger partial charge in [0.05, 0.1) is 16.5 Å². The van der Waals surface area contributed by atoms with E-state index in [1.807, 2.05) is 4.90 Å². The number of hydrogen-bond acceptors (Lipinski definition) is 4. The summed E-state index contributed by atoms with van der Waals surface area (Å²) in [7, 11) is 1.62. The highest BCUT2D eigenvalue weighted by Crippen LogP contribution is 2.25. The van der Waals surface area contributed by atoms with E-state index in [4.69, 9.17) is 16.7 Å². The van der Waals surface area contributed by atoms with E-state index in [0.717, 1.165) is 19.4 Å². The summed E-state index contributed by atoms with van der Waals surface area (Å²) in [6.07, 6.45) is 3.03. The van der Waals surface area contributed by atoms with Crippen LogP contribution in [0.4, 0.5) is 5.82 Å². The van der Waals surface area contributed by atoms with Crippen molar-refractivity contribution in [3.8, 4) is 0 Å². The van der Waals surface area contributed by atoms with E-state index >= 15 is 0 Å². The van der Waals surface area contributed by atoms with Gasteiger partial charge in [0, 0.05) is 26.3 Å². The molecule has 20 heavy (non-hydrogen) atoms. The fraction of sp³-hybridized carbons (Fsp3) is 0.462. The Morgan fingerprint density at radius 2 is 2.30 bits per heavy atom. The second-order valence-corrected chi connectivity index (χ2v) is 5.13. The Morgan fingerprint density at radius 1 is 1.55 bits per heavy atom. The zero-order valence-corrected chi connectivity index (χ0v) is 11.9. The minimum Gasteiger partial charge on any atom is -0.478 e. The van der Waals surface area contributed by atoms with Crippen LogP contribution >= 0.6 is 11.6 Å². The largest absolute Gasteiger partial charge is 0.478 e.